The summed E-state index contributed by atoms with van der Waals surface area (Å²) in [5, 5.41) is 9.30. The fourth-order valence-corrected chi connectivity index (χ4v) is 3.61. The summed E-state index contributed by atoms with van der Waals surface area (Å²) in [7, 11) is 1.51. The van der Waals surface area contributed by atoms with Gasteiger partial charge in [-0.2, -0.15) is 0 Å². The van der Waals surface area contributed by atoms with Gasteiger partial charge in [0.05, 0.1) is 13.7 Å². The second kappa shape index (κ2) is 10.4. The predicted octanol–water partition coefficient (Wildman–Crippen LogP) is 2.15. The van der Waals surface area contributed by atoms with E-state index in [1.54, 1.807) is 25.1 Å². The lowest BCUT2D eigenvalue weighted by atomic mass is 9.93. The number of nitrogens with one attached hydrogen (secondary N) is 1. The van der Waals surface area contributed by atoms with Crippen LogP contribution in [0, 0.1) is 11.8 Å². The number of methoxy groups -OCH3 is 1. The van der Waals surface area contributed by atoms with E-state index >= 15 is 0 Å². The van der Waals surface area contributed by atoms with Gasteiger partial charge in [-0.3, -0.25) is 29.3 Å². The number of halogens is 1. The van der Waals surface area contributed by atoms with Crippen LogP contribution in [0.2, 0.25) is 5.02 Å². The monoisotopic (exact) mass is 424 g/mol. The molecular formula is C20H25ClN2O6. The highest BCUT2D eigenvalue weighted by Crippen LogP contribution is 2.29. The van der Waals surface area contributed by atoms with E-state index in [1.165, 1.54) is 12.6 Å². The first-order chi connectivity index (χ1) is 13.8. The van der Waals surface area contributed by atoms with Crippen molar-refractivity contribution < 1.29 is 29.1 Å². The molecule has 0 spiro atoms. The topological polar surface area (TPSA) is 113 Å². The molecule has 8 nitrogen and oxygen atoms in total. The second-order valence-electron chi connectivity index (χ2n) is 7.04. The molecule has 0 saturated carbocycles. The van der Waals surface area contributed by atoms with Gasteiger partial charge >= 0.3 is 0 Å². The Bertz CT molecular complexity index is 797. The number of hydrogen-bond acceptors (Lipinski definition) is 6. The summed E-state index contributed by atoms with van der Waals surface area (Å²) in [5.41, 5.74) is 2.24. The molecule has 3 amide bonds. The summed E-state index contributed by atoms with van der Waals surface area (Å²) in [6.07, 6.45) is 0.795. The van der Waals surface area contributed by atoms with E-state index in [1.807, 2.05) is 0 Å². The Morgan fingerprint density at radius 3 is 2.72 bits per heavy atom. The summed E-state index contributed by atoms with van der Waals surface area (Å²) in [6, 6.07) is 5.08. The average molecular weight is 425 g/mol. The molecule has 1 heterocycles. The van der Waals surface area contributed by atoms with Crippen LogP contribution in [-0.2, 0) is 25.6 Å². The molecular weight excluding hydrogens is 400 g/mol. The van der Waals surface area contributed by atoms with Gasteiger partial charge in [0, 0.05) is 29.7 Å². The van der Waals surface area contributed by atoms with Gasteiger partial charge in [0.15, 0.2) is 5.78 Å². The van der Waals surface area contributed by atoms with Crippen molar-refractivity contribution in [1.29, 1.82) is 0 Å². The van der Waals surface area contributed by atoms with E-state index in [2.05, 4.69) is 0 Å². The summed E-state index contributed by atoms with van der Waals surface area (Å²) >= 11 is 6.06. The first-order valence-corrected chi connectivity index (χ1v) is 9.80. The van der Waals surface area contributed by atoms with Crippen molar-refractivity contribution in [2.24, 2.45) is 11.8 Å². The molecule has 1 aliphatic heterocycles. The number of rotatable bonds is 7. The fourth-order valence-electron chi connectivity index (χ4n) is 3.42. The van der Waals surface area contributed by atoms with Crippen LogP contribution < -0.4 is 10.2 Å². The maximum atomic E-state index is 13.1. The summed E-state index contributed by atoms with van der Waals surface area (Å²) in [5.74, 6) is -2.79. The molecule has 1 fully saturated rings. The number of amides is 3. The Morgan fingerprint density at radius 2 is 2.10 bits per heavy atom. The van der Waals surface area contributed by atoms with E-state index in [0.29, 0.717) is 29.2 Å². The summed E-state index contributed by atoms with van der Waals surface area (Å²) in [4.78, 5) is 50.5. The van der Waals surface area contributed by atoms with Crippen LogP contribution in [0.5, 0.6) is 5.75 Å². The number of Topliss-reactive ketones (excluding diaryl/α,β-unsaturated/α-hetero) is 1. The number of hydroxylamine groups is 1. The second-order valence-corrected chi connectivity index (χ2v) is 7.47. The molecule has 158 valence electrons. The highest BCUT2D eigenvalue weighted by molar-refractivity contribution is 6.30. The van der Waals surface area contributed by atoms with E-state index < -0.39 is 29.6 Å². The van der Waals surface area contributed by atoms with Gasteiger partial charge in [-0.25, -0.2) is 5.48 Å². The lowest BCUT2D eigenvalue weighted by Crippen LogP contribution is -2.43. The van der Waals surface area contributed by atoms with Gasteiger partial charge in [0.25, 0.3) is 0 Å². The van der Waals surface area contributed by atoms with E-state index in [0.717, 1.165) is 4.90 Å². The van der Waals surface area contributed by atoms with Gasteiger partial charge in [-0.15, -0.1) is 0 Å². The van der Waals surface area contributed by atoms with Crippen LogP contribution >= 0.6 is 11.6 Å². The number of ether oxygens (including phenoxy) is 1. The van der Waals surface area contributed by atoms with Crippen molar-refractivity contribution >= 4 is 35.1 Å². The Hall–Kier alpha value is -2.45. The third-order valence-corrected chi connectivity index (χ3v) is 5.36. The zero-order valence-corrected chi connectivity index (χ0v) is 17.2. The highest BCUT2D eigenvalue weighted by atomic mass is 35.5. The lowest BCUT2D eigenvalue weighted by Gasteiger charge is -2.24. The molecule has 2 N–H and O–H groups in total. The van der Waals surface area contributed by atoms with Gasteiger partial charge < -0.3 is 4.74 Å². The van der Waals surface area contributed by atoms with E-state index in [4.69, 9.17) is 21.5 Å². The number of benzene rings is 1. The Morgan fingerprint density at radius 1 is 1.38 bits per heavy atom. The van der Waals surface area contributed by atoms with Crippen LogP contribution in [0.4, 0.5) is 0 Å². The van der Waals surface area contributed by atoms with Gasteiger partial charge in [-0.05, 0) is 43.0 Å². The van der Waals surface area contributed by atoms with Crippen molar-refractivity contribution in [2.75, 3.05) is 13.7 Å². The van der Waals surface area contributed by atoms with Gasteiger partial charge in [-0.1, -0.05) is 18.5 Å². The molecule has 2 atom stereocenters. The smallest absolute Gasteiger partial charge is 0.246 e. The van der Waals surface area contributed by atoms with E-state index in [-0.39, 0.29) is 31.6 Å². The van der Waals surface area contributed by atoms with Crippen LogP contribution in [-0.4, -0.2) is 47.3 Å². The number of carbonyl (C=O) groups is 4. The van der Waals surface area contributed by atoms with Crippen molar-refractivity contribution in [3.63, 3.8) is 0 Å². The third-order valence-electron chi connectivity index (χ3n) is 5.13. The van der Waals surface area contributed by atoms with Gasteiger partial charge in [0.1, 0.15) is 5.75 Å². The molecule has 0 aliphatic carbocycles. The number of ketones is 1. The molecule has 0 aromatic heterocycles. The Kier molecular flexibility index (Phi) is 8.16. The summed E-state index contributed by atoms with van der Waals surface area (Å²) < 4.78 is 5.32. The number of hydrogen-bond donors (Lipinski definition) is 2. The molecule has 2 rings (SSSR count). The van der Waals surface area contributed by atoms with Crippen molar-refractivity contribution in [3.8, 4) is 5.75 Å². The van der Waals surface area contributed by atoms with Crippen molar-refractivity contribution in [3.05, 3.63) is 28.8 Å². The minimum atomic E-state index is -0.787. The van der Waals surface area contributed by atoms with Crippen LogP contribution in [0.25, 0.3) is 0 Å². The van der Waals surface area contributed by atoms with Crippen LogP contribution in [0.15, 0.2) is 18.2 Å². The molecule has 9 heteroatoms. The Labute approximate surface area is 174 Å². The number of carbonyl (C=O) groups excluding carboxylic acids is 4. The molecule has 1 unspecified atom stereocenters. The molecule has 1 aliphatic rings. The highest BCUT2D eigenvalue weighted by Gasteiger charge is 2.35. The minimum absolute atomic E-state index is 0.178. The van der Waals surface area contributed by atoms with Crippen LogP contribution in [0.3, 0.4) is 0 Å². The fraction of sp³-hybridized carbons (Fsp3) is 0.500. The number of imide groups is 1. The molecule has 1 aromatic carbocycles. The Balaban J connectivity index is 2.23. The first kappa shape index (κ1) is 22.8. The molecule has 1 saturated heterocycles. The maximum absolute atomic E-state index is 13.1. The minimum Gasteiger partial charge on any atom is -0.496 e. The third kappa shape index (κ3) is 5.77. The zero-order chi connectivity index (χ0) is 21.6. The largest absolute Gasteiger partial charge is 0.496 e. The quantitative estimate of drug-likeness (QED) is 0.512. The van der Waals surface area contributed by atoms with Crippen LogP contribution in [0.1, 0.15) is 38.2 Å². The zero-order valence-electron chi connectivity index (χ0n) is 16.4. The molecule has 0 radical (unpaired) electrons. The van der Waals surface area contributed by atoms with Gasteiger partial charge in [0.2, 0.25) is 17.7 Å². The predicted molar refractivity (Wildman–Crippen MR) is 104 cm³/mol. The normalized spacial score (nSPS) is 18.2. The van der Waals surface area contributed by atoms with E-state index in [9.17, 15) is 19.2 Å². The van der Waals surface area contributed by atoms with Crippen molar-refractivity contribution in [1.82, 2.24) is 10.4 Å². The maximum Gasteiger partial charge on any atom is 0.246 e. The SMILES string of the molecule is CC[C@@H](CC(=O)N1CC(=O)CCC(Cc2cc(Cl)ccc2OC)C1=O)C(=O)NO. The first-order valence-electron chi connectivity index (χ1n) is 9.42. The number of likely N-dealkylation sites (tertiary alicyclic amines) is 1. The molecule has 29 heavy (non-hydrogen) atoms. The molecule has 1 aromatic rings. The van der Waals surface area contributed by atoms with Crippen molar-refractivity contribution in [2.45, 2.75) is 39.0 Å². The molecule has 0 bridgehead atoms. The summed E-state index contributed by atoms with van der Waals surface area (Å²) in [6.45, 7) is 1.38. The number of nitrogens with zero attached hydrogens (tertiary/aromatic N) is 1. The average Bonchev–Trinajstić information content (AvgIpc) is 2.85. The standard InChI is InChI=1S/C20H25ClN2O6/c1-3-12(19(26)22-28)10-18(25)23-11-16(24)6-4-13(20(23)27)8-14-9-15(21)5-7-17(14)29-2/h5,7,9,12-13,28H,3-4,6,8,10-11H2,1-2H3,(H,22,26)/t12-,13?/m0/s1. The lowest BCUT2D eigenvalue weighted by molar-refractivity contribution is -0.150.